The Morgan fingerprint density at radius 1 is 1.20 bits per heavy atom. The Hall–Kier alpha value is -3.56. The highest BCUT2D eigenvalue weighted by molar-refractivity contribution is 5.94. The van der Waals surface area contributed by atoms with E-state index >= 15 is 0 Å². The maximum atomic E-state index is 13.6. The van der Waals surface area contributed by atoms with Crippen molar-refractivity contribution in [3.8, 4) is 5.69 Å². The molecule has 3 rings (SSSR count). The fraction of sp³-hybridized carbons (Fsp3) is 0.250. The molecule has 30 heavy (non-hydrogen) atoms. The highest BCUT2D eigenvalue weighted by Gasteiger charge is 2.41. The smallest absolute Gasteiger partial charge is 0.434 e. The first kappa shape index (κ1) is 21.2. The Balaban J connectivity index is 1.77. The molecule has 0 bridgehead atoms. The lowest BCUT2D eigenvalue weighted by Gasteiger charge is -2.13. The molecule has 2 aromatic heterocycles. The summed E-state index contributed by atoms with van der Waals surface area (Å²) in [5, 5.41) is 6.40. The second kappa shape index (κ2) is 8.85. The molecule has 0 saturated carbocycles. The lowest BCUT2D eigenvalue weighted by molar-refractivity contribution is -0.143. The van der Waals surface area contributed by atoms with Gasteiger partial charge in [-0.15, -0.1) is 0 Å². The number of rotatable bonds is 7. The van der Waals surface area contributed by atoms with E-state index in [1.54, 1.807) is 12.1 Å². The van der Waals surface area contributed by atoms with E-state index in [2.05, 4.69) is 15.2 Å². The number of nitrogens with one attached hydrogen (secondary N) is 1. The van der Waals surface area contributed by atoms with Crippen molar-refractivity contribution in [2.24, 2.45) is 0 Å². The Morgan fingerprint density at radius 3 is 2.53 bits per heavy atom. The molecule has 0 aliphatic heterocycles. The van der Waals surface area contributed by atoms with Crippen LogP contribution in [-0.4, -0.2) is 34.8 Å². The normalized spacial score (nSPS) is 11.3. The molecule has 7 nitrogen and oxygen atoms in total. The zero-order valence-corrected chi connectivity index (χ0v) is 15.9. The quantitative estimate of drug-likeness (QED) is 0.589. The molecule has 0 unspecified atom stereocenters. The molecule has 0 aliphatic rings. The molecule has 1 amide bonds. The molecule has 0 spiro atoms. The first-order valence-electron chi connectivity index (χ1n) is 9.04. The first-order valence-corrected chi connectivity index (χ1v) is 9.04. The number of aromatic nitrogens is 2. The lowest BCUT2D eigenvalue weighted by Crippen LogP contribution is -2.25. The van der Waals surface area contributed by atoms with E-state index in [4.69, 9.17) is 4.42 Å². The number of carbonyl (C=O) groups is 2. The zero-order valence-electron chi connectivity index (χ0n) is 15.9. The minimum Gasteiger partial charge on any atom is -0.469 e. The van der Waals surface area contributed by atoms with E-state index < -0.39 is 23.4 Å². The summed E-state index contributed by atoms with van der Waals surface area (Å²) in [5.74, 6) is -0.762. The van der Waals surface area contributed by atoms with Gasteiger partial charge in [0.2, 0.25) is 0 Å². The Kier molecular flexibility index (Phi) is 6.24. The maximum absolute atomic E-state index is 13.6. The molecular formula is C20H18F3N3O4. The van der Waals surface area contributed by atoms with Crippen LogP contribution in [-0.2, 0) is 17.3 Å². The summed E-state index contributed by atoms with van der Waals surface area (Å²) in [7, 11) is 0. The summed E-state index contributed by atoms with van der Waals surface area (Å²) in [4.78, 5) is 24.1. The van der Waals surface area contributed by atoms with Gasteiger partial charge in [-0.1, -0.05) is 0 Å². The van der Waals surface area contributed by atoms with Crippen LogP contribution in [0, 0.1) is 0 Å². The van der Waals surface area contributed by atoms with Gasteiger partial charge in [0, 0.05) is 18.5 Å². The standard InChI is InChI=1S/C20H18F3N3O4/c1-2-29-19(28)16-12-25-26(17(16)20(21,22)23)14-7-5-13(6-8-14)18(27)24-10-9-15-4-3-11-30-15/h3-8,11-12H,2,9-10H2,1H3,(H,24,27). The van der Waals surface area contributed by atoms with Gasteiger partial charge in [-0.3, -0.25) is 4.79 Å². The summed E-state index contributed by atoms with van der Waals surface area (Å²) >= 11 is 0. The maximum Gasteiger partial charge on any atom is 0.434 e. The number of amides is 1. The van der Waals surface area contributed by atoms with Gasteiger partial charge in [0.05, 0.1) is 24.8 Å². The largest absolute Gasteiger partial charge is 0.469 e. The topological polar surface area (TPSA) is 86.4 Å². The summed E-state index contributed by atoms with van der Waals surface area (Å²) in [5.41, 5.74) is -1.60. The number of halogens is 3. The van der Waals surface area contributed by atoms with Gasteiger partial charge in [0.1, 0.15) is 11.3 Å². The Labute approximate surface area is 169 Å². The Bertz CT molecular complexity index is 1010. The van der Waals surface area contributed by atoms with Crippen LogP contribution < -0.4 is 5.32 Å². The van der Waals surface area contributed by atoms with Crippen molar-refractivity contribution in [3.63, 3.8) is 0 Å². The monoisotopic (exact) mass is 421 g/mol. The molecule has 2 heterocycles. The SMILES string of the molecule is CCOC(=O)c1cnn(-c2ccc(C(=O)NCCc3ccco3)cc2)c1C(F)(F)F. The third kappa shape index (κ3) is 4.70. The third-order valence-corrected chi connectivity index (χ3v) is 4.14. The molecule has 0 fully saturated rings. The molecule has 0 saturated heterocycles. The number of carbonyl (C=O) groups excluding carboxylic acids is 2. The summed E-state index contributed by atoms with van der Waals surface area (Å²) in [6.07, 6.45) is -1.97. The molecule has 0 aliphatic carbocycles. The van der Waals surface area contributed by atoms with Gasteiger partial charge in [-0.25, -0.2) is 9.48 Å². The predicted molar refractivity (Wildman–Crippen MR) is 99.3 cm³/mol. The molecule has 0 atom stereocenters. The van der Waals surface area contributed by atoms with Gasteiger partial charge in [0.15, 0.2) is 5.69 Å². The molecular weight excluding hydrogens is 403 g/mol. The van der Waals surface area contributed by atoms with Crippen LogP contribution in [0.4, 0.5) is 13.2 Å². The number of ether oxygens (including phenoxy) is 1. The van der Waals surface area contributed by atoms with Crippen LogP contribution in [0.5, 0.6) is 0 Å². The van der Waals surface area contributed by atoms with E-state index in [9.17, 15) is 22.8 Å². The van der Waals surface area contributed by atoms with Gasteiger partial charge in [-0.2, -0.15) is 18.3 Å². The van der Waals surface area contributed by atoms with E-state index in [1.807, 2.05) is 0 Å². The van der Waals surface area contributed by atoms with Gasteiger partial charge >= 0.3 is 12.1 Å². The minimum absolute atomic E-state index is 0.0463. The number of nitrogens with zero attached hydrogens (tertiary/aromatic N) is 2. The molecule has 1 aromatic carbocycles. The van der Waals surface area contributed by atoms with Crippen molar-refractivity contribution in [1.82, 2.24) is 15.1 Å². The van der Waals surface area contributed by atoms with Crippen molar-refractivity contribution in [1.29, 1.82) is 0 Å². The molecule has 1 N–H and O–H groups in total. The number of benzene rings is 1. The second-order valence-electron chi connectivity index (χ2n) is 6.17. The first-order chi connectivity index (χ1) is 14.3. The van der Waals surface area contributed by atoms with Crippen molar-refractivity contribution in [2.45, 2.75) is 19.5 Å². The number of hydrogen-bond donors (Lipinski definition) is 1. The van der Waals surface area contributed by atoms with Crippen molar-refractivity contribution >= 4 is 11.9 Å². The number of hydrogen-bond acceptors (Lipinski definition) is 5. The van der Waals surface area contributed by atoms with Crippen LogP contribution in [0.1, 0.15) is 39.1 Å². The zero-order chi connectivity index (χ0) is 21.7. The van der Waals surface area contributed by atoms with Crippen LogP contribution >= 0.6 is 0 Å². The predicted octanol–water partition coefficient (Wildman–Crippen LogP) is 3.63. The van der Waals surface area contributed by atoms with Gasteiger partial charge in [-0.05, 0) is 43.3 Å². The fourth-order valence-electron chi connectivity index (χ4n) is 2.79. The lowest BCUT2D eigenvalue weighted by atomic mass is 10.1. The molecule has 0 radical (unpaired) electrons. The van der Waals surface area contributed by atoms with Gasteiger partial charge in [0.25, 0.3) is 5.91 Å². The second-order valence-corrected chi connectivity index (χ2v) is 6.17. The van der Waals surface area contributed by atoms with Crippen molar-refractivity contribution in [2.75, 3.05) is 13.2 Å². The summed E-state index contributed by atoms with van der Waals surface area (Å²) < 4.78 is 51.1. The number of furan rings is 1. The Morgan fingerprint density at radius 2 is 1.93 bits per heavy atom. The van der Waals surface area contributed by atoms with E-state index in [0.717, 1.165) is 12.0 Å². The number of alkyl halides is 3. The van der Waals surface area contributed by atoms with Crippen LogP contribution in [0.15, 0.2) is 53.3 Å². The third-order valence-electron chi connectivity index (χ3n) is 4.14. The van der Waals surface area contributed by atoms with Crippen LogP contribution in [0.2, 0.25) is 0 Å². The average Bonchev–Trinajstić information content (AvgIpc) is 3.38. The fourth-order valence-corrected chi connectivity index (χ4v) is 2.79. The number of esters is 1. The summed E-state index contributed by atoms with van der Waals surface area (Å²) in [6.45, 7) is 1.77. The molecule has 10 heteroatoms. The van der Waals surface area contributed by atoms with E-state index in [1.165, 1.54) is 37.5 Å². The molecule has 158 valence electrons. The van der Waals surface area contributed by atoms with Crippen molar-refractivity contribution < 1.29 is 31.9 Å². The average molecular weight is 421 g/mol. The van der Waals surface area contributed by atoms with Crippen LogP contribution in [0.3, 0.4) is 0 Å². The van der Waals surface area contributed by atoms with Gasteiger partial charge < -0.3 is 14.5 Å². The summed E-state index contributed by atoms with van der Waals surface area (Å²) in [6, 6.07) is 8.92. The van der Waals surface area contributed by atoms with Crippen LogP contribution in [0.25, 0.3) is 5.69 Å². The van der Waals surface area contributed by atoms with E-state index in [0.29, 0.717) is 17.6 Å². The van der Waals surface area contributed by atoms with E-state index in [-0.39, 0.29) is 23.8 Å². The molecule has 3 aromatic rings. The minimum atomic E-state index is -4.83. The highest BCUT2D eigenvalue weighted by atomic mass is 19.4. The highest BCUT2D eigenvalue weighted by Crippen LogP contribution is 2.34. The van der Waals surface area contributed by atoms with Crippen molar-refractivity contribution in [3.05, 3.63) is 71.4 Å².